The first-order valence-electron chi connectivity index (χ1n) is 15.2. The van der Waals surface area contributed by atoms with Crippen molar-refractivity contribution in [1.82, 2.24) is 9.97 Å². The molecule has 0 amide bonds. The van der Waals surface area contributed by atoms with E-state index in [2.05, 4.69) is 121 Å². The highest BCUT2D eigenvalue weighted by atomic mass is 14.9. The monoisotopic (exact) mass is 538 g/mol. The average molecular weight is 539 g/mol. The predicted octanol–water partition coefficient (Wildman–Crippen LogP) is 10.5. The molecule has 0 N–H and O–H groups in total. The van der Waals surface area contributed by atoms with Crippen molar-refractivity contribution in [3.05, 3.63) is 132 Å². The predicted molar refractivity (Wildman–Crippen MR) is 175 cm³/mol. The highest BCUT2D eigenvalue weighted by Crippen LogP contribution is 2.58. The molecule has 1 spiro atoms. The number of benzene rings is 6. The van der Waals surface area contributed by atoms with E-state index in [1.54, 1.807) is 0 Å². The highest BCUT2D eigenvalue weighted by molar-refractivity contribution is 6.08. The molecule has 0 aliphatic heterocycles. The molecule has 1 heterocycles. The Morgan fingerprint density at radius 3 is 2.14 bits per heavy atom. The van der Waals surface area contributed by atoms with Gasteiger partial charge in [0.25, 0.3) is 0 Å². The first-order valence-corrected chi connectivity index (χ1v) is 15.2. The fraction of sp³-hybridized carbons (Fsp3) is 0.150. The Hall–Kier alpha value is -4.82. The molecule has 42 heavy (non-hydrogen) atoms. The van der Waals surface area contributed by atoms with E-state index in [0.29, 0.717) is 0 Å². The zero-order chi connectivity index (χ0) is 27.7. The maximum absolute atomic E-state index is 5.38. The van der Waals surface area contributed by atoms with Crippen molar-refractivity contribution in [2.45, 2.75) is 37.5 Å². The Balaban J connectivity index is 1.29. The molecule has 0 atom stereocenters. The normalized spacial score (nSPS) is 15.3. The fourth-order valence-electron chi connectivity index (χ4n) is 7.96. The van der Waals surface area contributed by atoms with Gasteiger partial charge >= 0.3 is 0 Å². The molecule has 2 aliphatic rings. The summed E-state index contributed by atoms with van der Waals surface area (Å²) in [5.41, 5.74) is 10.1. The van der Waals surface area contributed by atoms with E-state index < -0.39 is 0 Å². The van der Waals surface area contributed by atoms with Crippen LogP contribution in [0.2, 0.25) is 0 Å². The summed E-state index contributed by atoms with van der Waals surface area (Å²) in [5.74, 6) is 0.773. The second-order valence-corrected chi connectivity index (χ2v) is 12.1. The van der Waals surface area contributed by atoms with Gasteiger partial charge in [0.05, 0.1) is 11.2 Å². The van der Waals surface area contributed by atoms with E-state index in [9.17, 15) is 0 Å². The van der Waals surface area contributed by atoms with Crippen molar-refractivity contribution in [2.75, 3.05) is 0 Å². The molecule has 9 rings (SSSR count). The molecule has 200 valence electrons. The first-order chi connectivity index (χ1) is 20.8. The third-order valence-corrected chi connectivity index (χ3v) is 9.86. The van der Waals surface area contributed by atoms with Crippen LogP contribution in [0.1, 0.15) is 43.2 Å². The summed E-state index contributed by atoms with van der Waals surface area (Å²) >= 11 is 0. The molecular formula is C40H30N2. The summed E-state index contributed by atoms with van der Waals surface area (Å²) in [4.78, 5) is 10.5. The maximum Gasteiger partial charge on any atom is 0.160 e. The van der Waals surface area contributed by atoms with E-state index in [-0.39, 0.29) is 5.41 Å². The molecule has 0 bridgehead atoms. The Kier molecular flexibility index (Phi) is 5.16. The molecule has 1 fully saturated rings. The smallest absolute Gasteiger partial charge is 0.160 e. The summed E-state index contributed by atoms with van der Waals surface area (Å²) in [6, 6.07) is 44.2. The largest absolute Gasteiger partial charge is 0.228 e. The second-order valence-electron chi connectivity index (χ2n) is 12.1. The van der Waals surface area contributed by atoms with Crippen LogP contribution >= 0.6 is 0 Å². The summed E-state index contributed by atoms with van der Waals surface area (Å²) in [6.07, 6.45) is 6.36. The lowest BCUT2D eigenvalue weighted by molar-refractivity contribution is 0.353. The lowest BCUT2D eigenvalue weighted by Gasteiger charge is -2.36. The van der Waals surface area contributed by atoms with E-state index in [1.165, 1.54) is 81.5 Å². The average Bonchev–Trinajstić information content (AvgIpc) is 3.33. The second kappa shape index (κ2) is 9.09. The van der Waals surface area contributed by atoms with Crippen LogP contribution in [0.25, 0.3) is 66.2 Å². The van der Waals surface area contributed by atoms with Gasteiger partial charge in [-0.1, -0.05) is 128 Å². The quantitative estimate of drug-likeness (QED) is 0.205. The fourth-order valence-corrected chi connectivity index (χ4v) is 7.96. The Morgan fingerprint density at radius 1 is 0.500 bits per heavy atom. The maximum atomic E-state index is 5.38. The molecule has 2 heteroatoms. The van der Waals surface area contributed by atoms with Crippen molar-refractivity contribution >= 4 is 32.4 Å². The number of rotatable bonds is 2. The summed E-state index contributed by atoms with van der Waals surface area (Å²) in [6.45, 7) is 0. The van der Waals surface area contributed by atoms with E-state index in [1.807, 2.05) is 0 Å². The number of hydrogen-bond acceptors (Lipinski definition) is 2. The van der Waals surface area contributed by atoms with Crippen LogP contribution in [-0.2, 0) is 5.41 Å². The highest BCUT2D eigenvalue weighted by Gasteiger charge is 2.44. The van der Waals surface area contributed by atoms with Crippen LogP contribution in [-0.4, -0.2) is 9.97 Å². The van der Waals surface area contributed by atoms with Gasteiger partial charge in [0.2, 0.25) is 0 Å². The van der Waals surface area contributed by atoms with E-state index in [4.69, 9.17) is 9.97 Å². The van der Waals surface area contributed by atoms with Crippen LogP contribution < -0.4 is 0 Å². The molecule has 7 aromatic rings. The number of aromatic nitrogens is 2. The van der Waals surface area contributed by atoms with Gasteiger partial charge in [-0.05, 0) is 68.8 Å². The summed E-state index contributed by atoms with van der Waals surface area (Å²) in [5, 5.41) is 6.10. The third-order valence-electron chi connectivity index (χ3n) is 9.86. The van der Waals surface area contributed by atoms with Crippen LogP contribution in [0.5, 0.6) is 0 Å². The van der Waals surface area contributed by atoms with Gasteiger partial charge in [0.15, 0.2) is 5.82 Å². The van der Waals surface area contributed by atoms with E-state index >= 15 is 0 Å². The number of para-hydroxylation sites is 1. The standard InChI is InChI=1S/C40H30N2/c1-8-23-40(24-9-1)34-16-6-4-13-31(34)37-33(15-10-17-35(37)40)38-32-14-5-7-18-36(32)41-39(42-38)28-21-22-30-27(25-28)20-19-26-11-2-3-12-29(26)30/h2-7,10-22,25H,1,8-9,23-24H2. The molecule has 6 aromatic carbocycles. The number of hydrogen-bond donors (Lipinski definition) is 0. The van der Waals surface area contributed by atoms with Crippen LogP contribution in [0.4, 0.5) is 0 Å². The van der Waals surface area contributed by atoms with Crippen LogP contribution in [0.15, 0.2) is 121 Å². The lowest BCUT2D eigenvalue weighted by atomic mass is 9.68. The van der Waals surface area contributed by atoms with Crippen molar-refractivity contribution in [3.63, 3.8) is 0 Å². The Labute approximate surface area is 245 Å². The van der Waals surface area contributed by atoms with Crippen molar-refractivity contribution in [2.24, 2.45) is 0 Å². The molecule has 2 aliphatic carbocycles. The van der Waals surface area contributed by atoms with Gasteiger partial charge in [-0.15, -0.1) is 0 Å². The Morgan fingerprint density at radius 2 is 1.21 bits per heavy atom. The Bertz CT molecular complexity index is 2190. The topological polar surface area (TPSA) is 25.8 Å². The number of fused-ring (bicyclic) bond motifs is 9. The minimum absolute atomic E-state index is 0.118. The minimum atomic E-state index is 0.118. The molecule has 1 saturated carbocycles. The van der Waals surface area contributed by atoms with Crippen molar-refractivity contribution in [3.8, 4) is 33.8 Å². The van der Waals surface area contributed by atoms with Crippen LogP contribution in [0.3, 0.4) is 0 Å². The van der Waals surface area contributed by atoms with Gasteiger partial charge in [0, 0.05) is 21.9 Å². The van der Waals surface area contributed by atoms with E-state index in [0.717, 1.165) is 28.0 Å². The van der Waals surface area contributed by atoms with Gasteiger partial charge in [-0.3, -0.25) is 0 Å². The van der Waals surface area contributed by atoms with Gasteiger partial charge < -0.3 is 0 Å². The first kappa shape index (κ1) is 23.8. The molecule has 1 aromatic heterocycles. The number of nitrogens with zero attached hydrogens (tertiary/aromatic N) is 2. The third kappa shape index (κ3) is 3.39. The zero-order valence-corrected chi connectivity index (χ0v) is 23.5. The minimum Gasteiger partial charge on any atom is -0.228 e. The van der Waals surface area contributed by atoms with Crippen molar-refractivity contribution < 1.29 is 0 Å². The molecule has 0 radical (unpaired) electrons. The SMILES string of the molecule is c1ccc2c(c1)-c1c(-c3nc(-c4ccc5c(ccc6ccccc65)c4)nc4ccccc34)cccc1C21CCCCC1. The molecular weight excluding hydrogens is 508 g/mol. The molecule has 2 nitrogen and oxygen atoms in total. The summed E-state index contributed by atoms with van der Waals surface area (Å²) < 4.78 is 0. The molecule has 0 saturated heterocycles. The lowest BCUT2D eigenvalue weighted by Crippen LogP contribution is -2.27. The van der Waals surface area contributed by atoms with Crippen LogP contribution in [0, 0.1) is 0 Å². The zero-order valence-electron chi connectivity index (χ0n) is 23.5. The van der Waals surface area contributed by atoms with Gasteiger partial charge in [0.1, 0.15) is 0 Å². The summed E-state index contributed by atoms with van der Waals surface area (Å²) in [7, 11) is 0. The van der Waals surface area contributed by atoms with Crippen molar-refractivity contribution in [1.29, 1.82) is 0 Å². The van der Waals surface area contributed by atoms with Gasteiger partial charge in [-0.25, -0.2) is 9.97 Å². The van der Waals surface area contributed by atoms with Gasteiger partial charge in [-0.2, -0.15) is 0 Å². The molecule has 0 unspecified atom stereocenters.